The molecule has 3 fully saturated rings. The van der Waals surface area contributed by atoms with Crippen molar-refractivity contribution in [3.8, 4) is 0 Å². The van der Waals surface area contributed by atoms with Crippen molar-refractivity contribution in [1.82, 2.24) is 10.6 Å². The second-order valence-corrected chi connectivity index (χ2v) is 7.03. The Labute approximate surface area is 137 Å². The Balaban J connectivity index is 1.47. The number of nitrogens with one attached hydrogen (secondary N) is 2. The molecule has 3 aliphatic rings. The fourth-order valence-electron chi connectivity index (χ4n) is 4.00. The molecule has 5 unspecified atom stereocenters. The molecule has 23 heavy (non-hydrogen) atoms. The molecule has 0 radical (unpaired) electrons. The molecule has 5 atom stereocenters. The van der Waals surface area contributed by atoms with E-state index < -0.39 is 12.3 Å². The predicted octanol–water partition coefficient (Wildman–Crippen LogP) is 2.32. The lowest BCUT2D eigenvalue weighted by atomic mass is 9.76. The molecule has 1 saturated carbocycles. The Morgan fingerprint density at radius 1 is 1.17 bits per heavy atom. The molecule has 0 spiro atoms. The molecule has 1 aliphatic carbocycles. The highest BCUT2D eigenvalue weighted by atomic mass is 16.5. The Hall–Kier alpha value is -1.14. The van der Waals surface area contributed by atoms with Gasteiger partial charge in [-0.2, -0.15) is 0 Å². The van der Waals surface area contributed by atoms with Crippen molar-refractivity contribution >= 4 is 11.9 Å². The van der Waals surface area contributed by atoms with Crippen LogP contribution in [0.4, 0.5) is 4.79 Å². The molecule has 2 N–H and O–H groups in total. The summed E-state index contributed by atoms with van der Waals surface area (Å²) in [7, 11) is 0. The molecule has 6 nitrogen and oxygen atoms in total. The van der Waals surface area contributed by atoms with E-state index in [9.17, 15) is 9.59 Å². The van der Waals surface area contributed by atoms with E-state index in [1.807, 2.05) is 0 Å². The van der Waals surface area contributed by atoms with Gasteiger partial charge in [0.1, 0.15) is 6.23 Å². The summed E-state index contributed by atoms with van der Waals surface area (Å²) < 4.78 is 12.0. The molecule has 0 aromatic heterocycles. The maximum Gasteiger partial charge on any atom is 0.323 e. The van der Waals surface area contributed by atoms with Gasteiger partial charge in [-0.3, -0.25) is 10.1 Å². The summed E-state index contributed by atoms with van der Waals surface area (Å²) in [5.74, 6) is -0.0519. The number of urea groups is 1. The van der Waals surface area contributed by atoms with Gasteiger partial charge in [0.25, 0.3) is 0 Å². The van der Waals surface area contributed by atoms with Gasteiger partial charge in [-0.15, -0.1) is 0 Å². The van der Waals surface area contributed by atoms with Gasteiger partial charge in [0, 0.05) is 13.0 Å². The molecule has 2 saturated heterocycles. The van der Waals surface area contributed by atoms with Gasteiger partial charge in [-0.25, -0.2) is 4.79 Å². The average molecular weight is 324 g/mol. The molecule has 130 valence electrons. The van der Waals surface area contributed by atoms with Crippen molar-refractivity contribution in [2.24, 2.45) is 11.8 Å². The van der Waals surface area contributed by atoms with Crippen molar-refractivity contribution in [3.63, 3.8) is 0 Å². The first-order chi connectivity index (χ1) is 11.2. The highest BCUT2D eigenvalue weighted by Gasteiger charge is 2.46. The van der Waals surface area contributed by atoms with Gasteiger partial charge in [-0.05, 0) is 31.6 Å². The monoisotopic (exact) mass is 324 g/mol. The number of carbonyl (C=O) groups excluding carboxylic acids is 2. The smallest absolute Gasteiger partial charge is 0.323 e. The SMILES string of the molecule is CCCCCCOC1CCC2CC3C(=O)NC(=O)NC3OC2C1. The largest absolute Gasteiger partial charge is 0.378 e. The highest BCUT2D eigenvalue weighted by Crippen LogP contribution is 2.39. The molecule has 0 aromatic rings. The van der Waals surface area contributed by atoms with E-state index >= 15 is 0 Å². The molecule has 0 bridgehead atoms. The fraction of sp³-hybridized carbons (Fsp3) is 0.882. The summed E-state index contributed by atoms with van der Waals surface area (Å²) in [6.07, 6.45) is 8.49. The maximum atomic E-state index is 11.9. The van der Waals surface area contributed by atoms with E-state index in [0.29, 0.717) is 5.92 Å². The molecule has 3 amide bonds. The first-order valence-electron chi connectivity index (χ1n) is 9.05. The molecular weight excluding hydrogens is 296 g/mol. The van der Waals surface area contributed by atoms with E-state index in [2.05, 4.69) is 17.6 Å². The van der Waals surface area contributed by atoms with Crippen molar-refractivity contribution in [2.45, 2.75) is 76.7 Å². The van der Waals surface area contributed by atoms with Crippen LogP contribution in [0.2, 0.25) is 0 Å². The molecular formula is C17H28N2O4. The van der Waals surface area contributed by atoms with Gasteiger partial charge >= 0.3 is 6.03 Å². The van der Waals surface area contributed by atoms with Crippen molar-refractivity contribution < 1.29 is 19.1 Å². The Bertz CT molecular complexity index is 442. The van der Waals surface area contributed by atoms with Crippen LogP contribution >= 0.6 is 0 Å². The zero-order chi connectivity index (χ0) is 16.2. The first-order valence-corrected chi connectivity index (χ1v) is 9.05. The minimum atomic E-state index is -0.471. The third kappa shape index (κ3) is 4.04. The zero-order valence-electron chi connectivity index (χ0n) is 13.9. The second kappa shape index (κ2) is 7.62. The van der Waals surface area contributed by atoms with Crippen LogP contribution < -0.4 is 10.6 Å². The number of fused-ring (bicyclic) bond motifs is 2. The summed E-state index contributed by atoms with van der Waals surface area (Å²) in [5, 5.41) is 5.06. The van der Waals surface area contributed by atoms with Crippen LogP contribution in [0.15, 0.2) is 0 Å². The van der Waals surface area contributed by atoms with E-state index in [1.54, 1.807) is 0 Å². The standard InChI is InChI=1S/C17H28N2O4/c1-2-3-4-5-8-22-12-7-6-11-9-13-15(20)18-17(21)19-16(13)23-14(11)10-12/h11-14,16H,2-10H2,1H3,(H2,18,19,20,21). The molecule has 0 aromatic carbocycles. The number of imide groups is 1. The lowest BCUT2D eigenvalue weighted by molar-refractivity contribution is -0.172. The fourth-order valence-corrected chi connectivity index (χ4v) is 4.00. The van der Waals surface area contributed by atoms with Crippen LogP contribution in [0.3, 0.4) is 0 Å². The molecule has 3 rings (SSSR count). The lowest BCUT2D eigenvalue weighted by Crippen LogP contribution is -2.63. The Morgan fingerprint density at radius 3 is 2.87 bits per heavy atom. The van der Waals surface area contributed by atoms with Crippen LogP contribution in [0.1, 0.15) is 58.3 Å². The lowest BCUT2D eigenvalue weighted by Gasteiger charge is -2.46. The average Bonchev–Trinajstić information content (AvgIpc) is 2.53. The molecule has 2 aliphatic heterocycles. The van der Waals surface area contributed by atoms with Gasteiger partial charge < -0.3 is 14.8 Å². The third-order valence-corrected chi connectivity index (χ3v) is 5.32. The van der Waals surface area contributed by atoms with E-state index in [1.165, 1.54) is 19.3 Å². The van der Waals surface area contributed by atoms with Crippen LogP contribution in [-0.2, 0) is 14.3 Å². The normalized spacial score (nSPS) is 36.7. The summed E-state index contributed by atoms with van der Waals surface area (Å²) >= 11 is 0. The second-order valence-electron chi connectivity index (χ2n) is 7.03. The van der Waals surface area contributed by atoms with Gasteiger partial charge in [0.2, 0.25) is 5.91 Å². The van der Waals surface area contributed by atoms with E-state index in [0.717, 1.165) is 38.7 Å². The van der Waals surface area contributed by atoms with Crippen molar-refractivity contribution in [1.29, 1.82) is 0 Å². The summed E-state index contributed by atoms with van der Waals surface area (Å²) in [6.45, 7) is 3.04. The summed E-state index contributed by atoms with van der Waals surface area (Å²) in [6, 6.07) is -0.450. The van der Waals surface area contributed by atoms with Crippen LogP contribution in [0, 0.1) is 11.8 Å². The molecule has 2 heterocycles. The number of unbranched alkanes of at least 4 members (excludes halogenated alkanes) is 3. The van der Waals surface area contributed by atoms with Gasteiger partial charge in [0.15, 0.2) is 0 Å². The first kappa shape index (κ1) is 16.7. The topological polar surface area (TPSA) is 76.7 Å². The third-order valence-electron chi connectivity index (χ3n) is 5.32. The number of amides is 3. The van der Waals surface area contributed by atoms with Crippen molar-refractivity contribution in [2.75, 3.05) is 6.61 Å². The van der Waals surface area contributed by atoms with E-state index in [4.69, 9.17) is 9.47 Å². The Kier molecular flexibility index (Phi) is 5.54. The predicted molar refractivity (Wildman–Crippen MR) is 84.7 cm³/mol. The maximum absolute atomic E-state index is 11.9. The number of ether oxygens (including phenoxy) is 2. The zero-order valence-corrected chi connectivity index (χ0v) is 13.9. The van der Waals surface area contributed by atoms with Gasteiger partial charge in [-0.1, -0.05) is 26.2 Å². The van der Waals surface area contributed by atoms with Gasteiger partial charge in [0.05, 0.1) is 18.1 Å². The minimum Gasteiger partial charge on any atom is -0.378 e. The van der Waals surface area contributed by atoms with Crippen molar-refractivity contribution in [3.05, 3.63) is 0 Å². The van der Waals surface area contributed by atoms with Crippen LogP contribution in [0.25, 0.3) is 0 Å². The molecule has 6 heteroatoms. The number of hydrogen-bond acceptors (Lipinski definition) is 4. The highest BCUT2D eigenvalue weighted by molar-refractivity contribution is 5.98. The number of carbonyl (C=O) groups is 2. The summed E-state index contributed by atoms with van der Waals surface area (Å²) in [5.41, 5.74) is 0. The quantitative estimate of drug-likeness (QED) is 0.735. The Morgan fingerprint density at radius 2 is 2.04 bits per heavy atom. The van der Waals surface area contributed by atoms with Crippen LogP contribution in [0.5, 0.6) is 0 Å². The van der Waals surface area contributed by atoms with Crippen LogP contribution in [-0.4, -0.2) is 37.0 Å². The summed E-state index contributed by atoms with van der Waals surface area (Å²) in [4.78, 5) is 23.4. The number of hydrogen-bond donors (Lipinski definition) is 2. The van der Waals surface area contributed by atoms with E-state index in [-0.39, 0.29) is 24.0 Å². The minimum absolute atomic E-state index is 0.0943. The number of rotatable bonds is 6.